The zero-order chi connectivity index (χ0) is 12.3. The van der Waals surface area contributed by atoms with Crippen molar-refractivity contribution in [2.24, 2.45) is 0 Å². The van der Waals surface area contributed by atoms with Crippen molar-refractivity contribution < 1.29 is 8.42 Å². The van der Waals surface area contributed by atoms with Crippen molar-refractivity contribution in [1.29, 1.82) is 0 Å². The highest BCUT2D eigenvalue weighted by atomic mass is 35.5. The predicted octanol–water partition coefficient (Wildman–Crippen LogP) is 2.88. The third-order valence-electron chi connectivity index (χ3n) is 2.17. The van der Waals surface area contributed by atoms with Crippen LogP contribution < -0.4 is 4.72 Å². The zero-order valence-corrected chi connectivity index (χ0v) is 11.1. The normalized spacial score (nSPS) is 11.6. The van der Waals surface area contributed by atoms with Gasteiger partial charge in [0.2, 0.25) is 10.0 Å². The van der Waals surface area contributed by atoms with Gasteiger partial charge in [0, 0.05) is 11.6 Å². The molecule has 6 heteroatoms. The van der Waals surface area contributed by atoms with Crippen LogP contribution in [0.15, 0.2) is 46.0 Å². The van der Waals surface area contributed by atoms with E-state index in [1.54, 1.807) is 12.1 Å². The summed E-state index contributed by atoms with van der Waals surface area (Å²) in [7, 11) is -3.46. The number of nitrogens with one attached hydrogen (secondary N) is 1. The summed E-state index contributed by atoms with van der Waals surface area (Å²) in [6.45, 7) is 0.300. The maximum Gasteiger partial charge on any atom is 0.240 e. The number of hydrogen-bond donors (Lipinski definition) is 1. The Morgan fingerprint density at radius 1 is 1.18 bits per heavy atom. The summed E-state index contributed by atoms with van der Waals surface area (Å²) in [5, 5.41) is 4.33. The molecule has 0 radical (unpaired) electrons. The Labute approximate surface area is 109 Å². The first-order valence-electron chi connectivity index (χ1n) is 4.84. The predicted molar refractivity (Wildman–Crippen MR) is 69.8 cm³/mol. The first-order valence-corrected chi connectivity index (χ1v) is 7.65. The Morgan fingerprint density at radius 2 is 1.88 bits per heavy atom. The molecule has 0 aliphatic carbocycles. The molecule has 0 aliphatic heterocycles. The van der Waals surface area contributed by atoms with Crippen molar-refractivity contribution in [3.63, 3.8) is 0 Å². The van der Waals surface area contributed by atoms with E-state index >= 15 is 0 Å². The van der Waals surface area contributed by atoms with Gasteiger partial charge in [-0.05, 0) is 46.7 Å². The van der Waals surface area contributed by atoms with Gasteiger partial charge >= 0.3 is 0 Å². The van der Waals surface area contributed by atoms with Gasteiger partial charge in [-0.25, -0.2) is 13.1 Å². The third kappa shape index (κ3) is 3.29. The SMILES string of the molecule is O=S(=O)(NCc1ccsc1)c1ccc(Cl)cc1. The molecular weight excluding hydrogens is 278 g/mol. The largest absolute Gasteiger partial charge is 0.240 e. The smallest absolute Gasteiger partial charge is 0.207 e. The lowest BCUT2D eigenvalue weighted by molar-refractivity contribution is 0.581. The molecule has 2 aromatic rings. The fraction of sp³-hybridized carbons (Fsp3) is 0.0909. The van der Waals surface area contributed by atoms with Crippen LogP contribution in [0, 0.1) is 0 Å². The summed E-state index contributed by atoms with van der Waals surface area (Å²) < 4.78 is 26.3. The van der Waals surface area contributed by atoms with Crippen molar-refractivity contribution in [1.82, 2.24) is 4.72 Å². The highest BCUT2D eigenvalue weighted by Gasteiger charge is 2.13. The topological polar surface area (TPSA) is 46.2 Å². The van der Waals surface area contributed by atoms with Crippen LogP contribution in [0.5, 0.6) is 0 Å². The summed E-state index contributed by atoms with van der Waals surface area (Å²) in [5.74, 6) is 0. The van der Waals surface area contributed by atoms with Gasteiger partial charge in [-0.15, -0.1) is 0 Å². The fourth-order valence-electron chi connectivity index (χ4n) is 1.27. The number of sulfonamides is 1. The molecule has 0 bridgehead atoms. The van der Waals surface area contributed by atoms with E-state index in [2.05, 4.69) is 4.72 Å². The first kappa shape index (κ1) is 12.6. The molecule has 1 aromatic carbocycles. The highest BCUT2D eigenvalue weighted by molar-refractivity contribution is 7.89. The van der Waals surface area contributed by atoms with Gasteiger partial charge < -0.3 is 0 Å². The van der Waals surface area contributed by atoms with E-state index < -0.39 is 10.0 Å². The van der Waals surface area contributed by atoms with E-state index in [0.717, 1.165) is 5.56 Å². The van der Waals surface area contributed by atoms with Gasteiger partial charge in [0.25, 0.3) is 0 Å². The molecule has 0 amide bonds. The average Bonchev–Trinajstić information content (AvgIpc) is 2.80. The van der Waals surface area contributed by atoms with Gasteiger partial charge in [-0.3, -0.25) is 0 Å². The van der Waals surface area contributed by atoms with E-state index in [9.17, 15) is 8.42 Å². The second-order valence-corrected chi connectivity index (χ2v) is 6.39. The molecule has 0 saturated heterocycles. The van der Waals surface area contributed by atoms with Crippen molar-refractivity contribution >= 4 is 33.0 Å². The van der Waals surface area contributed by atoms with Crippen molar-refractivity contribution in [2.45, 2.75) is 11.4 Å². The average molecular weight is 288 g/mol. The lowest BCUT2D eigenvalue weighted by atomic mass is 10.4. The Hall–Kier alpha value is -0.880. The van der Waals surface area contributed by atoms with Gasteiger partial charge in [-0.2, -0.15) is 11.3 Å². The lowest BCUT2D eigenvalue weighted by Gasteiger charge is -2.05. The van der Waals surface area contributed by atoms with Crippen molar-refractivity contribution in [2.75, 3.05) is 0 Å². The molecule has 1 heterocycles. The van der Waals surface area contributed by atoms with Crippen LogP contribution in [0.25, 0.3) is 0 Å². The zero-order valence-electron chi connectivity index (χ0n) is 8.76. The Balaban J connectivity index is 2.11. The molecule has 0 aliphatic rings. The van der Waals surface area contributed by atoms with Gasteiger partial charge in [0.15, 0.2) is 0 Å². The number of benzene rings is 1. The third-order valence-corrected chi connectivity index (χ3v) is 4.57. The minimum atomic E-state index is -3.46. The molecule has 17 heavy (non-hydrogen) atoms. The van der Waals surface area contributed by atoms with Crippen LogP contribution in [-0.4, -0.2) is 8.42 Å². The minimum absolute atomic E-state index is 0.220. The van der Waals surface area contributed by atoms with Crippen LogP contribution in [0.2, 0.25) is 5.02 Å². The summed E-state index contributed by atoms with van der Waals surface area (Å²) >= 11 is 7.24. The maximum absolute atomic E-state index is 11.9. The summed E-state index contributed by atoms with van der Waals surface area (Å²) in [5.41, 5.74) is 0.951. The second-order valence-electron chi connectivity index (χ2n) is 3.41. The molecule has 1 aromatic heterocycles. The van der Waals surface area contributed by atoms with Crippen LogP contribution in [0.1, 0.15) is 5.56 Å². The first-order chi connectivity index (χ1) is 8.08. The van der Waals surface area contributed by atoms with Crippen LogP contribution in [-0.2, 0) is 16.6 Å². The summed E-state index contributed by atoms with van der Waals surface area (Å²) in [6.07, 6.45) is 0. The molecule has 90 valence electrons. The maximum atomic E-state index is 11.9. The van der Waals surface area contributed by atoms with E-state index in [1.807, 2.05) is 16.8 Å². The summed E-state index contributed by atoms with van der Waals surface area (Å²) in [4.78, 5) is 0.220. The van der Waals surface area contributed by atoms with E-state index in [4.69, 9.17) is 11.6 Å². The molecule has 2 rings (SSSR count). The van der Waals surface area contributed by atoms with Crippen molar-refractivity contribution in [3.8, 4) is 0 Å². The summed E-state index contributed by atoms with van der Waals surface area (Å²) in [6, 6.07) is 7.97. The lowest BCUT2D eigenvalue weighted by Crippen LogP contribution is -2.22. The van der Waals surface area contributed by atoms with Gasteiger partial charge in [-0.1, -0.05) is 11.6 Å². The van der Waals surface area contributed by atoms with Crippen LogP contribution in [0.4, 0.5) is 0 Å². The molecule has 0 unspecified atom stereocenters. The van der Waals surface area contributed by atoms with Gasteiger partial charge in [0.05, 0.1) is 4.90 Å². The van der Waals surface area contributed by atoms with Crippen molar-refractivity contribution in [3.05, 3.63) is 51.7 Å². The highest BCUT2D eigenvalue weighted by Crippen LogP contribution is 2.14. The Bertz CT molecular complexity index is 576. The number of hydrogen-bond acceptors (Lipinski definition) is 3. The Morgan fingerprint density at radius 3 is 2.47 bits per heavy atom. The van der Waals surface area contributed by atoms with Crippen LogP contribution in [0.3, 0.4) is 0 Å². The number of halogens is 1. The Kier molecular flexibility index (Phi) is 3.83. The van der Waals surface area contributed by atoms with E-state index in [-0.39, 0.29) is 4.90 Å². The number of rotatable bonds is 4. The second kappa shape index (κ2) is 5.18. The molecule has 0 atom stereocenters. The fourth-order valence-corrected chi connectivity index (χ4v) is 3.08. The van der Waals surface area contributed by atoms with Crippen LogP contribution >= 0.6 is 22.9 Å². The molecule has 1 N–H and O–H groups in total. The molecule has 0 fully saturated rings. The molecule has 0 spiro atoms. The molecule has 3 nitrogen and oxygen atoms in total. The standard InChI is InChI=1S/C11H10ClNO2S2/c12-10-1-3-11(4-2-10)17(14,15)13-7-9-5-6-16-8-9/h1-6,8,13H,7H2. The van der Waals surface area contributed by atoms with E-state index in [1.165, 1.54) is 23.5 Å². The molecular formula is C11H10ClNO2S2. The molecule has 0 saturated carbocycles. The minimum Gasteiger partial charge on any atom is -0.207 e. The monoisotopic (exact) mass is 287 g/mol. The van der Waals surface area contributed by atoms with Gasteiger partial charge in [0.1, 0.15) is 0 Å². The van der Waals surface area contributed by atoms with E-state index in [0.29, 0.717) is 11.6 Å². The quantitative estimate of drug-likeness (QED) is 0.940. The number of thiophene rings is 1.